The van der Waals surface area contributed by atoms with Crippen molar-refractivity contribution in [3.05, 3.63) is 70.8 Å². The Labute approximate surface area is 256 Å². The second kappa shape index (κ2) is 8.78. The number of methoxy groups -OCH3 is 1. The summed E-state index contributed by atoms with van der Waals surface area (Å²) < 4.78 is 39.8. The maximum atomic E-state index is 10.6. The van der Waals surface area contributed by atoms with Crippen LogP contribution in [0.1, 0.15) is 39.2 Å². The molecule has 8 nitrogen and oxygen atoms in total. The molecule has 4 unspecified atom stereocenters. The molecule has 10 atom stereocenters. The molecule has 4 aliphatic carbocycles. The molecule has 43 heavy (non-hydrogen) atoms. The standard InChI is InChI=1S/C18H21NO3.C17H19NO3/c1-19-8-7-18-11-4-5-13(20)17(18)22-16-14(21-2)6-3-10(15(16)18)9-12(11)19;1-18-7-6-17-10-3-5-13(20)16(17)21-15-12(19)4-2-9(14(15)17)8-11(10)18/h3-6,11-13,17,20H,7-9H2,1-2H3;2-5,10-11,13,16,19-20H,6-8H2,1H3/t11-,12+,13?,17?,18-;10-,11+,13?,16?,17-/m00/s1/i2D3;. The van der Waals surface area contributed by atoms with Crippen LogP contribution in [0.5, 0.6) is 23.0 Å². The van der Waals surface area contributed by atoms with Gasteiger partial charge in [-0.05, 0) is 76.1 Å². The molecule has 3 N–H and O–H groups in total. The molecule has 226 valence electrons. The number of phenolic OH excluding ortho intramolecular Hbond substituents is 1. The van der Waals surface area contributed by atoms with Crippen LogP contribution in [0.4, 0.5) is 0 Å². The molecule has 4 aliphatic heterocycles. The summed E-state index contributed by atoms with van der Waals surface area (Å²) in [5, 5.41) is 31.3. The number of benzene rings is 2. The Hall–Kier alpha value is -3.04. The molecule has 0 aromatic heterocycles. The van der Waals surface area contributed by atoms with Crippen molar-refractivity contribution in [2.24, 2.45) is 11.8 Å². The zero-order chi connectivity index (χ0) is 31.9. The Morgan fingerprint density at radius 3 is 1.91 bits per heavy atom. The lowest BCUT2D eigenvalue weighted by molar-refractivity contribution is -0.0453. The highest BCUT2D eigenvalue weighted by Gasteiger charge is 2.65. The number of likely N-dealkylation sites (N-methyl/N-ethyl adjacent to an activating group) is 2. The van der Waals surface area contributed by atoms with E-state index in [0.29, 0.717) is 29.5 Å². The van der Waals surface area contributed by atoms with Gasteiger partial charge < -0.3 is 39.3 Å². The van der Waals surface area contributed by atoms with Crippen LogP contribution in [0.3, 0.4) is 0 Å². The van der Waals surface area contributed by atoms with Gasteiger partial charge in [0, 0.05) is 45.9 Å². The summed E-state index contributed by atoms with van der Waals surface area (Å²) in [4.78, 5) is 4.83. The fourth-order valence-electron chi connectivity index (χ4n) is 10.5. The number of piperidine rings is 2. The number of likely N-dealkylation sites (tertiary alicyclic amines) is 2. The Kier molecular flexibility index (Phi) is 4.77. The summed E-state index contributed by atoms with van der Waals surface area (Å²) >= 11 is 0. The summed E-state index contributed by atoms with van der Waals surface area (Å²) in [5.74, 6) is 2.23. The second-order valence-electron chi connectivity index (χ2n) is 13.9. The Balaban J connectivity index is 0.000000129. The van der Waals surface area contributed by atoms with E-state index in [4.69, 9.17) is 18.3 Å². The third kappa shape index (κ3) is 3.10. The topological polar surface area (TPSA) is 94.9 Å². The molecule has 4 heterocycles. The first-order valence-electron chi connectivity index (χ1n) is 17.1. The molecule has 2 fully saturated rings. The average Bonchev–Trinajstić information content (AvgIpc) is 3.55. The van der Waals surface area contributed by atoms with E-state index in [1.807, 2.05) is 24.3 Å². The minimum Gasteiger partial charge on any atom is -0.504 e. The van der Waals surface area contributed by atoms with Crippen LogP contribution in [-0.2, 0) is 23.7 Å². The molecular formula is C35H40N2O6. The quantitative estimate of drug-likeness (QED) is 0.439. The van der Waals surface area contributed by atoms with Crippen LogP contribution in [0.2, 0.25) is 0 Å². The molecule has 4 bridgehead atoms. The predicted octanol–water partition coefficient (Wildman–Crippen LogP) is 2.70. The summed E-state index contributed by atoms with van der Waals surface area (Å²) in [6, 6.07) is 8.27. The van der Waals surface area contributed by atoms with Crippen molar-refractivity contribution >= 4 is 0 Å². The van der Waals surface area contributed by atoms with Gasteiger partial charge in [0.05, 0.1) is 11.2 Å². The number of nitrogens with zero attached hydrogens (tertiary/aromatic N) is 2. The highest BCUT2D eigenvalue weighted by atomic mass is 16.5. The number of hydrogen-bond donors (Lipinski definition) is 3. The first kappa shape index (κ1) is 23.4. The molecule has 2 spiro atoms. The van der Waals surface area contributed by atoms with Gasteiger partial charge in [-0.15, -0.1) is 0 Å². The van der Waals surface area contributed by atoms with Gasteiger partial charge in [-0.3, -0.25) is 0 Å². The smallest absolute Gasteiger partial charge is 0.165 e. The van der Waals surface area contributed by atoms with E-state index in [1.165, 1.54) is 16.7 Å². The number of aliphatic hydroxyl groups is 2. The molecule has 8 heteroatoms. The van der Waals surface area contributed by atoms with Gasteiger partial charge in [-0.2, -0.15) is 0 Å². The molecule has 2 saturated heterocycles. The van der Waals surface area contributed by atoms with Crippen LogP contribution in [0, 0.1) is 11.8 Å². The summed E-state index contributed by atoms with van der Waals surface area (Å²) in [7, 11) is 1.81. The van der Waals surface area contributed by atoms with E-state index in [-0.39, 0.29) is 40.5 Å². The molecule has 10 rings (SSSR count). The van der Waals surface area contributed by atoms with Gasteiger partial charge in [-0.25, -0.2) is 0 Å². The van der Waals surface area contributed by atoms with Crippen molar-refractivity contribution in [2.45, 2.75) is 73.0 Å². The van der Waals surface area contributed by atoms with E-state index in [0.717, 1.165) is 44.3 Å². The van der Waals surface area contributed by atoms with E-state index in [1.54, 1.807) is 12.1 Å². The van der Waals surface area contributed by atoms with Crippen molar-refractivity contribution in [1.82, 2.24) is 9.80 Å². The lowest BCUT2D eigenvalue weighted by Crippen LogP contribution is -2.64. The van der Waals surface area contributed by atoms with Crippen molar-refractivity contribution in [1.29, 1.82) is 0 Å². The maximum Gasteiger partial charge on any atom is 0.165 e. The second-order valence-corrected chi connectivity index (χ2v) is 13.9. The maximum absolute atomic E-state index is 10.6. The van der Waals surface area contributed by atoms with E-state index in [2.05, 4.69) is 36.0 Å². The zero-order valence-corrected chi connectivity index (χ0v) is 24.4. The summed E-state index contributed by atoms with van der Waals surface area (Å²) in [6.07, 6.45) is 9.86. The minimum atomic E-state index is -2.53. The number of hydrogen-bond acceptors (Lipinski definition) is 8. The normalized spacial score (nSPS) is 43.1. The summed E-state index contributed by atoms with van der Waals surface area (Å²) in [5.41, 5.74) is 4.25. The Morgan fingerprint density at radius 1 is 0.791 bits per heavy atom. The number of ether oxygens (including phenoxy) is 3. The number of rotatable bonds is 1. The fourth-order valence-corrected chi connectivity index (χ4v) is 10.5. The number of aromatic hydroxyl groups is 1. The highest BCUT2D eigenvalue weighted by molar-refractivity contribution is 5.63. The Morgan fingerprint density at radius 2 is 1.33 bits per heavy atom. The van der Waals surface area contributed by atoms with Crippen molar-refractivity contribution < 1.29 is 33.6 Å². The van der Waals surface area contributed by atoms with Gasteiger partial charge in [0.2, 0.25) is 0 Å². The largest absolute Gasteiger partial charge is 0.504 e. The van der Waals surface area contributed by atoms with Crippen molar-refractivity contribution in [3.63, 3.8) is 0 Å². The molecule has 0 amide bonds. The van der Waals surface area contributed by atoms with Crippen LogP contribution < -0.4 is 14.2 Å². The zero-order valence-electron chi connectivity index (χ0n) is 27.4. The first-order chi connectivity index (χ1) is 21.9. The molecule has 0 saturated carbocycles. The average molecular weight is 588 g/mol. The van der Waals surface area contributed by atoms with Gasteiger partial charge >= 0.3 is 0 Å². The van der Waals surface area contributed by atoms with Crippen molar-refractivity contribution in [2.75, 3.05) is 34.2 Å². The molecular weight excluding hydrogens is 544 g/mol. The minimum absolute atomic E-state index is 0.160. The lowest BCUT2D eigenvalue weighted by atomic mass is 9.53. The third-order valence-corrected chi connectivity index (χ3v) is 12.4. The SMILES string of the molecule is CN1CC[C@]23c4c5ccc(O)c4OC2C(O)C=C[C@H]3[C@H]1C5.[2H]C([2H])([2H])Oc1ccc2c3c1OC1C(O)C=C[C@H]4[C@@H](C2)N(C)CC[C@]314. The van der Waals surface area contributed by atoms with Crippen LogP contribution in [-0.4, -0.2) is 95.8 Å². The van der Waals surface area contributed by atoms with Gasteiger partial charge in [0.25, 0.3) is 0 Å². The summed E-state index contributed by atoms with van der Waals surface area (Å²) in [6.45, 7) is 1.95. The number of phenols is 1. The molecule has 2 aromatic rings. The highest BCUT2D eigenvalue weighted by Crippen LogP contribution is 2.63. The first-order valence-corrected chi connectivity index (χ1v) is 15.6. The fraction of sp³-hybridized carbons (Fsp3) is 0.543. The van der Waals surface area contributed by atoms with Crippen molar-refractivity contribution in [3.8, 4) is 23.0 Å². The molecule has 0 radical (unpaired) electrons. The Bertz CT molecular complexity index is 1700. The molecule has 8 aliphatic rings. The van der Waals surface area contributed by atoms with Gasteiger partial charge in [0.15, 0.2) is 23.0 Å². The monoisotopic (exact) mass is 587 g/mol. The third-order valence-electron chi connectivity index (χ3n) is 12.4. The van der Waals surface area contributed by atoms with E-state index in [9.17, 15) is 15.3 Å². The van der Waals surface area contributed by atoms with E-state index < -0.39 is 19.2 Å². The van der Waals surface area contributed by atoms with E-state index >= 15 is 0 Å². The van der Waals surface area contributed by atoms with Gasteiger partial charge in [-0.1, -0.05) is 36.4 Å². The number of aliphatic hydroxyl groups excluding tert-OH is 2. The lowest BCUT2D eigenvalue weighted by Gasteiger charge is -2.56. The van der Waals surface area contributed by atoms with Crippen LogP contribution >= 0.6 is 0 Å². The van der Waals surface area contributed by atoms with Gasteiger partial charge in [0.1, 0.15) is 24.4 Å². The molecule has 2 aromatic carbocycles. The van der Waals surface area contributed by atoms with Crippen LogP contribution in [0.25, 0.3) is 0 Å². The van der Waals surface area contributed by atoms with Crippen LogP contribution in [0.15, 0.2) is 48.6 Å². The predicted molar refractivity (Wildman–Crippen MR) is 160 cm³/mol.